The molecule has 5 nitrogen and oxygen atoms in total. The van der Waals surface area contributed by atoms with Crippen molar-refractivity contribution in [2.24, 2.45) is 0 Å². The van der Waals surface area contributed by atoms with E-state index in [-0.39, 0.29) is 13.2 Å². The molecule has 0 aromatic rings. The molecule has 0 spiro atoms. The molecular formula is C15H30O5. The van der Waals surface area contributed by atoms with Crippen molar-refractivity contribution < 1.29 is 24.8 Å². The van der Waals surface area contributed by atoms with E-state index in [9.17, 15) is 10.2 Å². The minimum Gasteiger partial charge on any atom is -0.394 e. The molecule has 120 valence electrons. The number of aliphatic hydroxyl groups is 3. The molecule has 1 saturated heterocycles. The molecule has 1 rings (SSSR count). The second-order valence-electron chi connectivity index (χ2n) is 5.57. The van der Waals surface area contributed by atoms with E-state index < -0.39 is 24.4 Å². The van der Waals surface area contributed by atoms with Gasteiger partial charge in [-0.05, 0) is 6.42 Å². The lowest BCUT2D eigenvalue weighted by Crippen LogP contribution is -2.42. The molecule has 1 aliphatic heterocycles. The van der Waals surface area contributed by atoms with Gasteiger partial charge in [0.2, 0.25) is 0 Å². The number of ether oxygens (including phenoxy) is 2. The van der Waals surface area contributed by atoms with Crippen LogP contribution in [0.2, 0.25) is 0 Å². The Balaban J connectivity index is 2.10. The third kappa shape index (κ3) is 6.06. The van der Waals surface area contributed by atoms with Gasteiger partial charge >= 0.3 is 0 Å². The van der Waals surface area contributed by atoms with Gasteiger partial charge in [0.1, 0.15) is 24.4 Å². The highest BCUT2D eigenvalue weighted by molar-refractivity contribution is 4.89. The minimum absolute atomic E-state index is 0.156. The molecule has 1 fully saturated rings. The highest BCUT2D eigenvalue weighted by Crippen LogP contribution is 2.21. The lowest BCUT2D eigenvalue weighted by atomic mass is 10.1. The van der Waals surface area contributed by atoms with Crippen LogP contribution in [0.3, 0.4) is 0 Å². The monoisotopic (exact) mass is 290 g/mol. The average Bonchev–Trinajstić information content (AvgIpc) is 2.82. The van der Waals surface area contributed by atoms with Crippen molar-refractivity contribution in [1.82, 2.24) is 0 Å². The van der Waals surface area contributed by atoms with Crippen molar-refractivity contribution in [3.63, 3.8) is 0 Å². The summed E-state index contributed by atoms with van der Waals surface area (Å²) in [5, 5.41) is 28.3. The van der Waals surface area contributed by atoms with Gasteiger partial charge in [0.05, 0.1) is 13.2 Å². The van der Waals surface area contributed by atoms with Crippen LogP contribution < -0.4 is 0 Å². The Morgan fingerprint density at radius 1 is 1.15 bits per heavy atom. The molecule has 4 atom stereocenters. The Morgan fingerprint density at radius 2 is 1.80 bits per heavy atom. The van der Waals surface area contributed by atoms with Crippen molar-refractivity contribution in [3.8, 4) is 0 Å². The van der Waals surface area contributed by atoms with Crippen molar-refractivity contribution >= 4 is 0 Å². The van der Waals surface area contributed by atoms with Crippen molar-refractivity contribution in [2.45, 2.75) is 76.3 Å². The van der Waals surface area contributed by atoms with E-state index in [4.69, 9.17) is 14.6 Å². The quantitative estimate of drug-likeness (QED) is 0.499. The summed E-state index contributed by atoms with van der Waals surface area (Å²) in [6.45, 7) is 2.55. The van der Waals surface area contributed by atoms with Crippen LogP contribution in [-0.4, -0.2) is 59.6 Å². The topological polar surface area (TPSA) is 79.2 Å². The molecule has 0 aliphatic carbocycles. The average molecular weight is 290 g/mol. The molecule has 0 saturated carbocycles. The molecule has 0 amide bonds. The van der Waals surface area contributed by atoms with Gasteiger partial charge < -0.3 is 24.8 Å². The van der Waals surface area contributed by atoms with Crippen LogP contribution in [0.4, 0.5) is 0 Å². The van der Waals surface area contributed by atoms with Crippen molar-refractivity contribution in [2.75, 3.05) is 19.8 Å². The largest absolute Gasteiger partial charge is 0.394 e. The number of aliphatic hydroxyl groups excluding tert-OH is 3. The van der Waals surface area contributed by atoms with Gasteiger partial charge in [-0.1, -0.05) is 45.4 Å². The maximum absolute atomic E-state index is 9.76. The molecule has 0 radical (unpaired) electrons. The SMILES string of the molecule is CCCCCCCCCO[C@H]1[C@@H]([C@@H](O)CO)OC[C@H]1O. The van der Waals surface area contributed by atoms with Gasteiger partial charge in [-0.2, -0.15) is 0 Å². The van der Waals surface area contributed by atoms with E-state index in [1.807, 2.05) is 0 Å². The number of unbranched alkanes of at least 4 members (excludes halogenated alkanes) is 6. The Bertz CT molecular complexity index is 236. The first kappa shape index (κ1) is 17.9. The molecule has 0 aromatic carbocycles. The van der Waals surface area contributed by atoms with E-state index in [2.05, 4.69) is 6.92 Å². The fourth-order valence-corrected chi connectivity index (χ4v) is 2.54. The number of hydrogen-bond acceptors (Lipinski definition) is 5. The zero-order valence-corrected chi connectivity index (χ0v) is 12.5. The number of hydrogen-bond donors (Lipinski definition) is 3. The first-order chi connectivity index (χ1) is 9.70. The van der Waals surface area contributed by atoms with E-state index in [0.29, 0.717) is 6.61 Å². The lowest BCUT2D eigenvalue weighted by molar-refractivity contribution is -0.0938. The highest BCUT2D eigenvalue weighted by atomic mass is 16.6. The normalized spacial score (nSPS) is 27.9. The third-order valence-corrected chi connectivity index (χ3v) is 3.79. The summed E-state index contributed by atoms with van der Waals surface area (Å²) in [6, 6.07) is 0. The van der Waals surface area contributed by atoms with Crippen LogP contribution in [0, 0.1) is 0 Å². The van der Waals surface area contributed by atoms with E-state index in [0.717, 1.165) is 12.8 Å². The summed E-state index contributed by atoms with van der Waals surface area (Å²) in [4.78, 5) is 0. The summed E-state index contributed by atoms with van der Waals surface area (Å²) in [5.41, 5.74) is 0. The fraction of sp³-hybridized carbons (Fsp3) is 1.00. The van der Waals surface area contributed by atoms with Crippen molar-refractivity contribution in [1.29, 1.82) is 0 Å². The summed E-state index contributed by atoms with van der Waals surface area (Å²) in [5.74, 6) is 0. The fourth-order valence-electron chi connectivity index (χ4n) is 2.54. The molecule has 5 heteroatoms. The standard InChI is InChI=1S/C15H30O5/c1-2-3-4-5-6-7-8-9-19-15-13(18)11-20-14(15)12(17)10-16/h12-18H,2-11H2,1H3/t12-,13+,14+,15+/m0/s1. The van der Waals surface area contributed by atoms with Gasteiger partial charge in [-0.25, -0.2) is 0 Å². The summed E-state index contributed by atoms with van der Waals surface area (Å²) in [6.07, 6.45) is 5.58. The van der Waals surface area contributed by atoms with Crippen LogP contribution in [0.15, 0.2) is 0 Å². The molecule has 20 heavy (non-hydrogen) atoms. The Hall–Kier alpha value is -0.200. The van der Waals surface area contributed by atoms with Crippen LogP contribution in [-0.2, 0) is 9.47 Å². The summed E-state index contributed by atoms with van der Waals surface area (Å²) in [7, 11) is 0. The van der Waals surface area contributed by atoms with Gasteiger partial charge in [-0.15, -0.1) is 0 Å². The highest BCUT2D eigenvalue weighted by Gasteiger charge is 2.40. The van der Waals surface area contributed by atoms with E-state index in [1.165, 1.54) is 32.1 Å². The predicted molar refractivity (Wildman–Crippen MR) is 76.6 cm³/mol. The second kappa shape index (κ2) is 10.5. The van der Waals surface area contributed by atoms with Crippen LogP contribution in [0.25, 0.3) is 0 Å². The molecule has 1 heterocycles. The smallest absolute Gasteiger partial charge is 0.114 e. The van der Waals surface area contributed by atoms with E-state index in [1.54, 1.807) is 0 Å². The summed E-state index contributed by atoms with van der Waals surface area (Å²) >= 11 is 0. The second-order valence-corrected chi connectivity index (χ2v) is 5.57. The molecule has 3 N–H and O–H groups in total. The van der Waals surface area contributed by atoms with Gasteiger partial charge in [0, 0.05) is 6.61 Å². The third-order valence-electron chi connectivity index (χ3n) is 3.79. The molecular weight excluding hydrogens is 260 g/mol. The molecule has 0 aromatic heterocycles. The van der Waals surface area contributed by atoms with Crippen molar-refractivity contribution in [3.05, 3.63) is 0 Å². The Kier molecular flexibility index (Phi) is 9.39. The summed E-state index contributed by atoms with van der Waals surface area (Å²) < 4.78 is 10.9. The lowest BCUT2D eigenvalue weighted by Gasteiger charge is -2.23. The molecule has 1 aliphatic rings. The molecule has 0 bridgehead atoms. The Labute approximate surface area is 121 Å². The van der Waals surface area contributed by atoms with E-state index >= 15 is 0 Å². The van der Waals surface area contributed by atoms with Gasteiger partial charge in [-0.3, -0.25) is 0 Å². The first-order valence-corrected chi connectivity index (χ1v) is 7.90. The Morgan fingerprint density at radius 3 is 2.45 bits per heavy atom. The maximum atomic E-state index is 9.76. The van der Waals surface area contributed by atoms with Crippen LogP contribution in [0.1, 0.15) is 51.9 Å². The minimum atomic E-state index is -0.994. The first-order valence-electron chi connectivity index (χ1n) is 7.90. The van der Waals surface area contributed by atoms with Gasteiger partial charge in [0.15, 0.2) is 0 Å². The van der Waals surface area contributed by atoms with Crippen LogP contribution >= 0.6 is 0 Å². The number of rotatable bonds is 11. The zero-order valence-electron chi connectivity index (χ0n) is 12.5. The maximum Gasteiger partial charge on any atom is 0.114 e. The van der Waals surface area contributed by atoms with Gasteiger partial charge in [0.25, 0.3) is 0 Å². The predicted octanol–water partition coefficient (Wildman–Crippen LogP) is 1.24. The molecule has 0 unspecified atom stereocenters. The zero-order chi connectivity index (χ0) is 14.8. The van der Waals surface area contributed by atoms with Crippen LogP contribution in [0.5, 0.6) is 0 Å².